The first kappa shape index (κ1) is 12.6. The quantitative estimate of drug-likeness (QED) is 0.786. The Morgan fingerprint density at radius 3 is 2.81 bits per heavy atom. The minimum atomic E-state index is -0.0297. The second kappa shape index (κ2) is 5.61. The van der Waals surface area contributed by atoms with Crippen LogP contribution in [0, 0.1) is 0 Å². The molecule has 3 N–H and O–H groups in total. The van der Waals surface area contributed by atoms with Gasteiger partial charge in [-0.1, -0.05) is 11.6 Å². The van der Waals surface area contributed by atoms with Crippen LogP contribution in [0.3, 0.4) is 0 Å². The normalized spacial score (nSPS) is 9.94. The molecule has 88 valence electrons. The van der Waals surface area contributed by atoms with Crippen LogP contribution in [0.2, 0.25) is 5.02 Å². The van der Waals surface area contributed by atoms with E-state index in [-0.39, 0.29) is 12.5 Å². The molecular formula is C11H16ClN3O. The molecule has 0 bridgehead atoms. The zero-order valence-corrected chi connectivity index (χ0v) is 10.2. The average molecular weight is 242 g/mol. The van der Waals surface area contributed by atoms with E-state index < -0.39 is 0 Å². The fourth-order valence-corrected chi connectivity index (χ4v) is 1.72. The number of benzene rings is 1. The molecule has 0 fully saturated rings. The van der Waals surface area contributed by atoms with Crippen molar-refractivity contribution < 1.29 is 4.79 Å². The van der Waals surface area contributed by atoms with E-state index in [9.17, 15) is 4.79 Å². The lowest BCUT2D eigenvalue weighted by Gasteiger charge is -2.20. The zero-order valence-electron chi connectivity index (χ0n) is 9.46. The largest absolute Gasteiger partial charge is 0.399 e. The summed E-state index contributed by atoms with van der Waals surface area (Å²) < 4.78 is 0. The maximum Gasteiger partial charge on any atom is 0.239 e. The number of carbonyl (C=O) groups excluding carboxylic acids is 1. The summed E-state index contributed by atoms with van der Waals surface area (Å²) in [5.41, 5.74) is 7.00. The number of rotatable bonds is 4. The van der Waals surface area contributed by atoms with Gasteiger partial charge in [-0.25, -0.2) is 0 Å². The van der Waals surface area contributed by atoms with E-state index in [0.29, 0.717) is 17.3 Å². The lowest BCUT2D eigenvalue weighted by molar-refractivity contribution is -0.119. The minimum Gasteiger partial charge on any atom is -0.399 e. The Kier molecular flexibility index (Phi) is 4.43. The van der Waals surface area contributed by atoms with Crippen molar-refractivity contribution in [2.45, 2.75) is 6.92 Å². The maximum absolute atomic E-state index is 11.4. The van der Waals surface area contributed by atoms with Gasteiger partial charge in [-0.05, 0) is 25.1 Å². The maximum atomic E-state index is 11.4. The molecule has 0 aliphatic rings. The van der Waals surface area contributed by atoms with Gasteiger partial charge in [0.05, 0.1) is 17.3 Å². The molecule has 0 aliphatic carbocycles. The molecule has 0 aliphatic heterocycles. The summed E-state index contributed by atoms with van der Waals surface area (Å²) >= 11 is 6.03. The fourth-order valence-electron chi connectivity index (χ4n) is 1.39. The van der Waals surface area contributed by atoms with Crippen molar-refractivity contribution in [1.82, 2.24) is 5.32 Å². The van der Waals surface area contributed by atoms with E-state index in [2.05, 4.69) is 5.32 Å². The topological polar surface area (TPSA) is 58.4 Å². The van der Waals surface area contributed by atoms with Crippen molar-refractivity contribution in [3.8, 4) is 0 Å². The van der Waals surface area contributed by atoms with Crippen molar-refractivity contribution >= 4 is 28.9 Å². The Bertz CT molecular complexity index is 381. The molecule has 0 atom stereocenters. The molecule has 0 unspecified atom stereocenters. The van der Waals surface area contributed by atoms with E-state index in [1.807, 2.05) is 14.0 Å². The van der Waals surface area contributed by atoms with Crippen LogP contribution in [0.5, 0.6) is 0 Å². The van der Waals surface area contributed by atoms with E-state index in [1.165, 1.54) is 0 Å². The van der Waals surface area contributed by atoms with Gasteiger partial charge in [-0.3, -0.25) is 4.79 Å². The van der Waals surface area contributed by atoms with Crippen LogP contribution in [-0.2, 0) is 4.79 Å². The third-order valence-corrected chi connectivity index (χ3v) is 2.44. The van der Waals surface area contributed by atoms with Crippen molar-refractivity contribution in [1.29, 1.82) is 0 Å². The molecule has 0 spiro atoms. The first-order valence-electron chi connectivity index (χ1n) is 5.07. The molecule has 0 heterocycles. The zero-order chi connectivity index (χ0) is 12.1. The number of hydrogen-bond donors (Lipinski definition) is 2. The smallest absolute Gasteiger partial charge is 0.239 e. The molecule has 0 saturated carbocycles. The third kappa shape index (κ3) is 3.31. The predicted molar refractivity (Wildman–Crippen MR) is 67.8 cm³/mol. The third-order valence-electron chi connectivity index (χ3n) is 2.14. The van der Waals surface area contributed by atoms with Gasteiger partial charge in [0, 0.05) is 19.3 Å². The predicted octanol–water partition coefficient (Wildman–Crippen LogP) is 1.49. The van der Waals surface area contributed by atoms with Crippen LogP contribution < -0.4 is 16.0 Å². The molecule has 1 rings (SSSR count). The van der Waals surface area contributed by atoms with Crippen LogP contribution in [0.4, 0.5) is 11.4 Å². The van der Waals surface area contributed by atoms with Gasteiger partial charge in [0.15, 0.2) is 0 Å². The van der Waals surface area contributed by atoms with Crippen LogP contribution in [0.25, 0.3) is 0 Å². The lowest BCUT2D eigenvalue weighted by Crippen LogP contribution is -2.35. The molecule has 1 aromatic carbocycles. The van der Waals surface area contributed by atoms with Crippen LogP contribution in [0.15, 0.2) is 18.2 Å². The van der Waals surface area contributed by atoms with Gasteiger partial charge in [0.1, 0.15) is 0 Å². The van der Waals surface area contributed by atoms with Crippen LogP contribution in [0.1, 0.15) is 6.92 Å². The van der Waals surface area contributed by atoms with E-state index in [4.69, 9.17) is 17.3 Å². The van der Waals surface area contributed by atoms with E-state index in [0.717, 1.165) is 5.69 Å². The van der Waals surface area contributed by atoms with Crippen molar-refractivity contribution in [2.24, 2.45) is 0 Å². The van der Waals surface area contributed by atoms with Crippen molar-refractivity contribution in [3.63, 3.8) is 0 Å². The van der Waals surface area contributed by atoms with E-state index in [1.54, 1.807) is 23.1 Å². The highest BCUT2D eigenvalue weighted by atomic mass is 35.5. The summed E-state index contributed by atoms with van der Waals surface area (Å²) in [5.74, 6) is -0.0297. The number of anilines is 2. The van der Waals surface area contributed by atoms with Crippen LogP contribution >= 0.6 is 11.6 Å². The first-order valence-corrected chi connectivity index (χ1v) is 5.45. The number of halogens is 1. The number of nitrogens with one attached hydrogen (secondary N) is 1. The van der Waals surface area contributed by atoms with Gasteiger partial charge in [-0.15, -0.1) is 0 Å². The van der Waals surface area contributed by atoms with Gasteiger partial charge >= 0.3 is 0 Å². The second-order valence-corrected chi connectivity index (χ2v) is 3.93. The minimum absolute atomic E-state index is 0.0297. The standard InChI is InChI=1S/C11H16ClN3O/c1-3-14-11(16)7-15(2)10-5-4-8(13)6-9(10)12/h4-6H,3,7,13H2,1-2H3,(H,14,16). The molecule has 16 heavy (non-hydrogen) atoms. The summed E-state index contributed by atoms with van der Waals surface area (Å²) in [5, 5.41) is 3.28. The van der Waals surface area contributed by atoms with Crippen LogP contribution in [-0.4, -0.2) is 26.0 Å². The summed E-state index contributed by atoms with van der Waals surface area (Å²) in [7, 11) is 1.81. The van der Waals surface area contributed by atoms with Gasteiger partial charge < -0.3 is 16.0 Å². The number of hydrogen-bond acceptors (Lipinski definition) is 3. The van der Waals surface area contributed by atoms with Crippen molar-refractivity contribution in [2.75, 3.05) is 30.8 Å². The summed E-state index contributed by atoms with van der Waals surface area (Å²) in [6.07, 6.45) is 0. The molecular weight excluding hydrogens is 226 g/mol. The summed E-state index contributed by atoms with van der Waals surface area (Å²) in [6.45, 7) is 2.79. The fraction of sp³-hybridized carbons (Fsp3) is 0.364. The summed E-state index contributed by atoms with van der Waals surface area (Å²) in [6, 6.07) is 5.23. The Morgan fingerprint density at radius 2 is 2.25 bits per heavy atom. The number of amides is 1. The Morgan fingerprint density at radius 1 is 1.56 bits per heavy atom. The molecule has 4 nitrogen and oxygen atoms in total. The van der Waals surface area contributed by atoms with Gasteiger partial charge in [-0.2, -0.15) is 0 Å². The SMILES string of the molecule is CCNC(=O)CN(C)c1ccc(N)cc1Cl. The van der Waals surface area contributed by atoms with Gasteiger partial charge in [0.2, 0.25) is 5.91 Å². The average Bonchev–Trinajstić information content (AvgIpc) is 2.17. The Balaban J connectivity index is 2.72. The number of nitrogens with two attached hydrogens (primary N) is 1. The first-order chi connectivity index (χ1) is 7.54. The highest BCUT2D eigenvalue weighted by Crippen LogP contribution is 2.26. The second-order valence-electron chi connectivity index (χ2n) is 3.52. The molecule has 1 aromatic rings. The van der Waals surface area contributed by atoms with Gasteiger partial charge in [0.25, 0.3) is 0 Å². The lowest BCUT2D eigenvalue weighted by atomic mass is 10.2. The monoisotopic (exact) mass is 241 g/mol. The summed E-state index contributed by atoms with van der Waals surface area (Å²) in [4.78, 5) is 13.2. The number of nitrogen functional groups attached to an aromatic ring is 1. The molecule has 0 saturated heterocycles. The van der Waals surface area contributed by atoms with E-state index >= 15 is 0 Å². The molecule has 0 radical (unpaired) electrons. The molecule has 1 amide bonds. The Hall–Kier alpha value is -1.42. The highest BCUT2D eigenvalue weighted by molar-refractivity contribution is 6.33. The highest BCUT2D eigenvalue weighted by Gasteiger charge is 2.09. The number of likely N-dealkylation sites (N-methyl/N-ethyl adjacent to an activating group) is 2. The van der Waals surface area contributed by atoms with Crippen molar-refractivity contribution in [3.05, 3.63) is 23.2 Å². The Labute approximate surface area is 100 Å². The molecule has 0 aromatic heterocycles. The number of nitrogens with zero attached hydrogens (tertiary/aromatic N) is 1. The molecule has 5 heteroatoms. The number of carbonyl (C=O) groups is 1.